The van der Waals surface area contributed by atoms with Gasteiger partial charge in [0.15, 0.2) is 0 Å². The number of hydrogen-bond acceptors (Lipinski definition) is 5. The highest BCUT2D eigenvalue weighted by molar-refractivity contribution is 7.92. The van der Waals surface area contributed by atoms with Gasteiger partial charge >= 0.3 is 0 Å². The lowest BCUT2D eigenvalue weighted by Crippen LogP contribution is -2.54. The van der Waals surface area contributed by atoms with E-state index < -0.39 is 28.5 Å². The number of carbonyl (C=O) groups is 2. The minimum atomic E-state index is -4.13. The Kier molecular flexibility index (Phi) is 11.3. The first kappa shape index (κ1) is 31.7. The molecule has 9 heteroatoms. The molecule has 41 heavy (non-hydrogen) atoms. The molecule has 0 unspecified atom stereocenters. The van der Waals surface area contributed by atoms with Crippen molar-refractivity contribution in [2.45, 2.75) is 63.9 Å². The van der Waals surface area contributed by atoms with E-state index >= 15 is 0 Å². The van der Waals surface area contributed by atoms with Crippen LogP contribution >= 0.6 is 0 Å². The first-order chi connectivity index (χ1) is 19.6. The van der Waals surface area contributed by atoms with Crippen LogP contribution in [0.4, 0.5) is 5.69 Å². The van der Waals surface area contributed by atoms with Crippen molar-refractivity contribution in [1.29, 1.82) is 0 Å². The Morgan fingerprint density at radius 3 is 2.10 bits per heavy atom. The molecule has 1 N–H and O–H groups in total. The Morgan fingerprint density at radius 2 is 1.54 bits per heavy atom. The molecule has 0 radical (unpaired) electrons. The maximum absolute atomic E-state index is 14.1. The highest BCUT2D eigenvalue weighted by Gasteiger charge is 2.33. The van der Waals surface area contributed by atoms with Gasteiger partial charge in [0, 0.05) is 12.6 Å². The van der Waals surface area contributed by atoms with E-state index in [1.807, 2.05) is 58.0 Å². The summed E-state index contributed by atoms with van der Waals surface area (Å²) in [5, 5.41) is 3.00. The number of nitrogens with zero attached hydrogens (tertiary/aromatic N) is 2. The van der Waals surface area contributed by atoms with Crippen molar-refractivity contribution in [2.75, 3.05) is 24.5 Å². The lowest BCUT2D eigenvalue weighted by Gasteiger charge is -2.33. The fourth-order valence-corrected chi connectivity index (χ4v) is 5.87. The largest absolute Gasteiger partial charge is 0.497 e. The Hall–Kier alpha value is -3.85. The summed E-state index contributed by atoms with van der Waals surface area (Å²) in [6.45, 7) is 7.47. The third-order valence-electron chi connectivity index (χ3n) is 7.12. The van der Waals surface area contributed by atoms with Crippen molar-refractivity contribution in [3.8, 4) is 5.75 Å². The summed E-state index contributed by atoms with van der Waals surface area (Å²) in [6, 6.07) is 21.9. The molecule has 0 aromatic heterocycles. The molecular formula is C32H41N3O5S. The van der Waals surface area contributed by atoms with Gasteiger partial charge in [-0.1, -0.05) is 61.9 Å². The van der Waals surface area contributed by atoms with Gasteiger partial charge in [0.25, 0.3) is 10.0 Å². The van der Waals surface area contributed by atoms with Crippen molar-refractivity contribution in [3.63, 3.8) is 0 Å². The lowest BCUT2D eigenvalue weighted by molar-refractivity contribution is -0.139. The van der Waals surface area contributed by atoms with Crippen molar-refractivity contribution in [3.05, 3.63) is 90.0 Å². The van der Waals surface area contributed by atoms with Crippen molar-refractivity contribution >= 4 is 27.5 Å². The third-order valence-corrected chi connectivity index (χ3v) is 8.91. The van der Waals surface area contributed by atoms with E-state index in [0.717, 1.165) is 21.9 Å². The highest BCUT2D eigenvalue weighted by atomic mass is 32.2. The fourth-order valence-electron chi connectivity index (χ4n) is 4.45. The van der Waals surface area contributed by atoms with E-state index in [4.69, 9.17) is 4.74 Å². The summed E-state index contributed by atoms with van der Waals surface area (Å²) in [5.74, 6) is -0.181. The predicted molar refractivity (Wildman–Crippen MR) is 163 cm³/mol. The van der Waals surface area contributed by atoms with E-state index in [2.05, 4.69) is 5.32 Å². The number of hydrogen-bond donors (Lipinski definition) is 1. The molecule has 3 aromatic rings. The van der Waals surface area contributed by atoms with Gasteiger partial charge in [0.05, 0.1) is 17.7 Å². The molecule has 0 aliphatic heterocycles. The standard InChI is InChI=1S/C32H41N3O5S/c1-6-25(4)33-32(37)30(7-2)34(22-21-26-11-9-8-10-12-26)31(36)23-35(27-15-13-24(3)14-16-27)41(38,39)29-19-17-28(40-5)18-20-29/h8-20,25,30H,6-7,21-23H2,1-5H3,(H,33,37)/t25-,30-/m0/s1. The molecule has 0 bridgehead atoms. The highest BCUT2D eigenvalue weighted by Crippen LogP contribution is 2.26. The second kappa shape index (κ2) is 14.7. The number of ether oxygens (including phenoxy) is 1. The van der Waals surface area contributed by atoms with Gasteiger partial charge in [-0.25, -0.2) is 8.42 Å². The molecule has 0 heterocycles. The van der Waals surface area contributed by atoms with Crippen molar-refractivity contribution in [1.82, 2.24) is 10.2 Å². The van der Waals surface area contributed by atoms with Crippen LogP contribution in [-0.4, -0.2) is 57.4 Å². The molecule has 0 spiro atoms. The van der Waals surface area contributed by atoms with Crippen LogP contribution in [0.15, 0.2) is 83.8 Å². The summed E-state index contributed by atoms with van der Waals surface area (Å²) >= 11 is 0. The van der Waals surface area contributed by atoms with Gasteiger partial charge in [-0.2, -0.15) is 0 Å². The zero-order chi connectivity index (χ0) is 30.0. The third kappa shape index (κ3) is 8.33. The molecule has 0 aliphatic rings. The van der Waals surface area contributed by atoms with Gasteiger partial charge in [-0.15, -0.1) is 0 Å². The summed E-state index contributed by atoms with van der Waals surface area (Å²) in [7, 11) is -2.63. The second-order valence-electron chi connectivity index (χ2n) is 10.1. The topological polar surface area (TPSA) is 96.0 Å². The van der Waals surface area contributed by atoms with E-state index in [1.165, 1.54) is 24.1 Å². The number of sulfonamides is 1. The van der Waals surface area contributed by atoms with E-state index in [-0.39, 0.29) is 23.4 Å². The zero-order valence-corrected chi connectivity index (χ0v) is 25.4. The molecule has 3 aromatic carbocycles. The summed E-state index contributed by atoms with van der Waals surface area (Å²) in [4.78, 5) is 29.0. The number of aryl methyl sites for hydroxylation is 1. The Balaban J connectivity index is 2.00. The predicted octanol–water partition coefficient (Wildman–Crippen LogP) is 4.96. The number of amides is 2. The van der Waals surface area contributed by atoms with Gasteiger partial charge in [-0.05, 0) is 75.1 Å². The number of rotatable bonds is 14. The van der Waals surface area contributed by atoms with Gasteiger partial charge in [0.1, 0.15) is 18.3 Å². The number of anilines is 1. The summed E-state index contributed by atoms with van der Waals surface area (Å²) in [6.07, 6.45) is 1.66. The van der Waals surface area contributed by atoms with E-state index in [0.29, 0.717) is 24.3 Å². The van der Waals surface area contributed by atoms with Crippen LogP contribution in [0.25, 0.3) is 0 Å². The molecule has 0 aliphatic carbocycles. The second-order valence-corrected chi connectivity index (χ2v) is 11.9. The molecule has 8 nitrogen and oxygen atoms in total. The monoisotopic (exact) mass is 579 g/mol. The van der Waals surface area contributed by atoms with Crippen LogP contribution in [0.3, 0.4) is 0 Å². The molecule has 2 atom stereocenters. The minimum Gasteiger partial charge on any atom is -0.497 e. The number of nitrogens with one attached hydrogen (secondary N) is 1. The van der Waals surface area contributed by atoms with Crippen molar-refractivity contribution < 1.29 is 22.7 Å². The summed E-state index contributed by atoms with van der Waals surface area (Å²) < 4.78 is 34.2. The molecule has 0 fully saturated rings. The smallest absolute Gasteiger partial charge is 0.264 e. The normalized spacial score (nSPS) is 12.7. The molecule has 0 saturated heterocycles. The van der Waals surface area contributed by atoms with Crippen LogP contribution in [0.5, 0.6) is 5.75 Å². The van der Waals surface area contributed by atoms with Crippen LogP contribution in [0.2, 0.25) is 0 Å². The maximum Gasteiger partial charge on any atom is 0.264 e. The molecule has 2 amide bonds. The van der Waals surface area contributed by atoms with Gasteiger partial charge in [0.2, 0.25) is 11.8 Å². The molecule has 220 valence electrons. The average molecular weight is 580 g/mol. The Labute approximate surface area is 244 Å². The molecule has 3 rings (SSSR count). The Morgan fingerprint density at radius 1 is 0.902 bits per heavy atom. The fraction of sp³-hybridized carbons (Fsp3) is 0.375. The van der Waals surface area contributed by atoms with E-state index in [1.54, 1.807) is 36.4 Å². The average Bonchev–Trinajstić information content (AvgIpc) is 2.98. The number of methoxy groups -OCH3 is 1. The molecular weight excluding hydrogens is 538 g/mol. The van der Waals surface area contributed by atoms with E-state index in [9.17, 15) is 18.0 Å². The Bertz CT molecular complexity index is 1380. The van der Waals surface area contributed by atoms with Crippen LogP contribution in [-0.2, 0) is 26.0 Å². The van der Waals surface area contributed by atoms with Gasteiger partial charge in [-0.3, -0.25) is 13.9 Å². The van der Waals surface area contributed by atoms with Crippen LogP contribution in [0, 0.1) is 6.92 Å². The first-order valence-electron chi connectivity index (χ1n) is 14.0. The number of benzene rings is 3. The molecule has 0 saturated carbocycles. The van der Waals surface area contributed by atoms with Crippen LogP contribution in [0.1, 0.15) is 44.7 Å². The first-order valence-corrected chi connectivity index (χ1v) is 15.4. The SMILES string of the molecule is CC[C@H](C)NC(=O)[C@H](CC)N(CCc1ccccc1)C(=O)CN(c1ccc(C)cc1)S(=O)(=O)c1ccc(OC)cc1. The van der Waals surface area contributed by atoms with Gasteiger partial charge < -0.3 is 15.0 Å². The zero-order valence-electron chi connectivity index (χ0n) is 24.5. The minimum absolute atomic E-state index is 0.0315. The maximum atomic E-state index is 14.1. The number of carbonyl (C=O) groups excluding carboxylic acids is 2. The lowest BCUT2D eigenvalue weighted by atomic mass is 10.1. The quantitative estimate of drug-likeness (QED) is 0.291. The van der Waals surface area contributed by atoms with Crippen LogP contribution < -0.4 is 14.4 Å². The van der Waals surface area contributed by atoms with Crippen molar-refractivity contribution in [2.24, 2.45) is 0 Å². The summed E-state index contributed by atoms with van der Waals surface area (Å²) in [5.41, 5.74) is 2.34.